The Kier molecular flexibility index (Phi) is 2.52. The average molecular weight is 195 g/mol. The largest absolute Gasteiger partial charge is 0.281 e. The predicted octanol–water partition coefficient (Wildman–Crippen LogP) is 1.75. The van der Waals surface area contributed by atoms with Crippen LogP contribution in [-0.4, -0.2) is 41.4 Å². The molecule has 1 saturated heterocycles. The van der Waals surface area contributed by atoms with Crippen LogP contribution in [0.5, 0.6) is 0 Å². The van der Waals surface area contributed by atoms with Gasteiger partial charge in [0.1, 0.15) is 6.17 Å². The minimum absolute atomic E-state index is 0.542. The minimum Gasteiger partial charge on any atom is -0.281 e. The lowest BCUT2D eigenvalue weighted by Crippen LogP contribution is -2.44. The molecule has 1 fully saturated rings. The van der Waals surface area contributed by atoms with Gasteiger partial charge in [-0.2, -0.15) is 5.10 Å². The van der Waals surface area contributed by atoms with Gasteiger partial charge in [-0.05, 0) is 32.7 Å². The van der Waals surface area contributed by atoms with Gasteiger partial charge in [0.05, 0.1) is 6.54 Å². The zero-order valence-electron chi connectivity index (χ0n) is 9.70. The molecule has 0 saturated carbocycles. The Hall–Kier alpha value is -0.570. The Morgan fingerprint density at radius 3 is 2.79 bits per heavy atom. The van der Waals surface area contributed by atoms with Gasteiger partial charge in [0.2, 0.25) is 0 Å². The highest BCUT2D eigenvalue weighted by Gasteiger charge is 2.40. The molecule has 0 radical (unpaired) electrons. The maximum absolute atomic E-state index is 4.72. The highest BCUT2D eigenvalue weighted by molar-refractivity contribution is 5.84. The summed E-state index contributed by atoms with van der Waals surface area (Å²) < 4.78 is 0. The molecule has 3 heteroatoms. The van der Waals surface area contributed by atoms with Gasteiger partial charge in [-0.25, -0.2) is 0 Å². The van der Waals surface area contributed by atoms with Crippen molar-refractivity contribution in [1.82, 2.24) is 9.91 Å². The van der Waals surface area contributed by atoms with Crippen molar-refractivity contribution >= 4 is 5.71 Å². The SMILES string of the molecule is CCC1=NN2CC(C)N(C)C2C(C)C1. The predicted molar refractivity (Wildman–Crippen MR) is 59.2 cm³/mol. The first-order valence-electron chi connectivity index (χ1n) is 5.68. The van der Waals surface area contributed by atoms with Crippen LogP contribution in [0.2, 0.25) is 0 Å². The topological polar surface area (TPSA) is 18.8 Å². The van der Waals surface area contributed by atoms with Gasteiger partial charge in [-0.1, -0.05) is 13.8 Å². The van der Waals surface area contributed by atoms with Crippen LogP contribution >= 0.6 is 0 Å². The first-order valence-corrected chi connectivity index (χ1v) is 5.68. The van der Waals surface area contributed by atoms with Crippen molar-refractivity contribution in [2.24, 2.45) is 11.0 Å². The summed E-state index contributed by atoms with van der Waals surface area (Å²) in [6.45, 7) is 7.92. The van der Waals surface area contributed by atoms with E-state index in [0.29, 0.717) is 12.2 Å². The van der Waals surface area contributed by atoms with Crippen molar-refractivity contribution in [3.05, 3.63) is 0 Å². The summed E-state index contributed by atoms with van der Waals surface area (Å²) in [6, 6.07) is 0.641. The van der Waals surface area contributed by atoms with Crippen LogP contribution in [0.3, 0.4) is 0 Å². The normalized spacial score (nSPS) is 38.4. The zero-order valence-corrected chi connectivity index (χ0v) is 9.70. The number of hydrazone groups is 1. The lowest BCUT2D eigenvalue weighted by Gasteiger charge is -2.36. The van der Waals surface area contributed by atoms with Crippen LogP contribution in [0.4, 0.5) is 0 Å². The van der Waals surface area contributed by atoms with E-state index >= 15 is 0 Å². The molecule has 0 amide bonds. The van der Waals surface area contributed by atoms with Crippen LogP contribution in [0, 0.1) is 5.92 Å². The molecule has 2 aliphatic heterocycles. The molecule has 3 nitrogen and oxygen atoms in total. The van der Waals surface area contributed by atoms with Gasteiger partial charge in [-0.3, -0.25) is 9.91 Å². The van der Waals surface area contributed by atoms with E-state index in [1.165, 1.54) is 12.1 Å². The molecule has 0 aromatic carbocycles. The fourth-order valence-electron chi connectivity index (χ4n) is 2.69. The maximum atomic E-state index is 4.72. The fraction of sp³-hybridized carbons (Fsp3) is 0.909. The molecule has 0 aromatic rings. The summed E-state index contributed by atoms with van der Waals surface area (Å²) in [7, 11) is 2.22. The van der Waals surface area contributed by atoms with Crippen LogP contribution in [-0.2, 0) is 0 Å². The molecule has 3 atom stereocenters. The molecule has 3 unspecified atom stereocenters. The quantitative estimate of drug-likeness (QED) is 0.635. The van der Waals surface area contributed by atoms with E-state index in [-0.39, 0.29) is 0 Å². The summed E-state index contributed by atoms with van der Waals surface area (Å²) in [5.74, 6) is 0.720. The van der Waals surface area contributed by atoms with E-state index in [0.717, 1.165) is 18.9 Å². The summed E-state index contributed by atoms with van der Waals surface area (Å²) in [4.78, 5) is 2.46. The number of hydrogen-bond donors (Lipinski definition) is 0. The molecular formula is C11H21N3. The second kappa shape index (κ2) is 3.54. The highest BCUT2D eigenvalue weighted by Crippen LogP contribution is 2.30. The van der Waals surface area contributed by atoms with Crippen LogP contribution < -0.4 is 0 Å². The molecule has 0 aromatic heterocycles. The Morgan fingerprint density at radius 2 is 2.14 bits per heavy atom. The number of likely N-dealkylation sites (N-methyl/N-ethyl adjacent to an activating group) is 1. The van der Waals surface area contributed by atoms with Crippen LogP contribution in [0.1, 0.15) is 33.6 Å². The van der Waals surface area contributed by atoms with Crippen molar-refractivity contribution in [2.75, 3.05) is 13.6 Å². The first kappa shape index (κ1) is 9.97. The van der Waals surface area contributed by atoms with Crippen molar-refractivity contribution < 1.29 is 0 Å². The Balaban J connectivity index is 2.21. The van der Waals surface area contributed by atoms with E-state index in [4.69, 9.17) is 5.10 Å². The minimum atomic E-state index is 0.542. The molecule has 2 heterocycles. The second-order valence-corrected chi connectivity index (χ2v) is 4.75. The average Bonchev–Trinajstić information content (AvgIpc) is 2.43. The lowest BCUT2D eigenvalue weighted by atomic mass is 9.97. The maximum Gasteiger partial charge on any atom is 0.102 e. The Labute approximate surface area is 86.8 Å². The van der Waals surface area contributed by atoms with E-state index in [2.05, 4.69) is 37.7 Å². The third kappa shape index (κ3) is 1.44. The molecule has 0 aliphatic carbocycles. The third-order valence-electron chi connectivity index (χ3n) is 3.61. The molecule has 0 spiro atoms. The second-order valence-electron chi connectivity index (χ2n) is 4.75. The molecule has 0 bridgehead atoms. The fourth-order valence-corrected chi connectivity index (χ4v) is 2.69. The standard InChI is InChI=1S/C11H21N3/c1-5-10-6-8(2)11-13(4)9(3)7-14(11)12-10/h8-9,11H,5-7H2,1-4H3. The Bertz CT molecular complexity index is 249. The van der Waals surface area contributed by atoms with Gasteiger partial charge < -0.3 is 0 Å². The highest BCUT2D eigenvalue weighted by atomic mass is 15.6. The molecule has 2 rings (SSSR count). The smallest absolute Gasteiger partial charge is 0.102 e. The van der Waals surface area contributed by atoms with E-state index in [1.807, 2.05) is 0 Å². The molecular weight excluding hydrogens is 174 g/mol. The van der Waals surface area contributed by atoms with Gasteiger partial charge in [0.25, 0.3) is 0 Å². The summed E-state index contributed by atoms with van der Waals surface area (Å²) in [5, 5.41) is 7.01. The van der Waals surface area contributed by atoms with Crippen molar-refractivity contribution in [1.29, 1.82) is 0 Å². The van der Waals surface area contributed by atoms with Gasteiger partial charge in [0.15, 0.2) is 0 Å². The molecule has 2 aliphatic rings. The zero-order chi connectivity index (χ0) is 10.3. The van der Waals surface area contributed by atoms with E-state index in [9.17, 15) is 0 Å². The molecule has 0 N–H and O–H groups in total. The van der Waals surface area contributed by atoms with E-state index < -0.39 is 0 Å². The monoisotopic (exact) mass is 195 g/mol. The first-order chi connectivity index (χ1) is 6.63. The molecule has 80 valence electrons. The number of hydrogen-bond acceptors (Lipinski definition) is 3. The number of rotatable bonds is 1. The van der Waals surface area contributed by atoms with E-state index in [1.54, 1.807) is 0 Å². The molecule has 14 heavy (non-hydrogen) atoms. The van der Waals surface area contributed by atoms with Crippen molar-refractivity contribution in [3.8, 4) is 0 Å². The summed E-state index contributed by atoms with van der Waals surface area (Å²) in [5.41, 5.74) is 1.37. The van der Waals surface area contributed by atoms with Crippen molar-refractivity contribution in [3.63, 3.8) is 0 Å². The third-order valence-corrected chi connectivity index (χ3v) is 3.61. The van der Waals surface area contributed by atoms with Gasteiger partial charge in [0, 0.05) is 11.8 Å². The summed E-state index contributed by atoms with van der Waals surface area (Å²) >= 11 is 0. The van der Waals surface area contributed by atoms with Crippen LogP contribution in [0.25, 0.3) is 0 Å². The number of nitrogens with zero attached hydrogens (tertiary/aromatic N) is 3. The summed E-state index contributed by atoms with van der Waals surface area (Å²) in [6.07, 6.45) is 2.82. The van der Waals surface area contributed by atoms with Crippen molar-refractivity contribution in [2.45, 2.75) is 45.8 Å². The number of fused-ring (bicyclic) bond motifs is 1. The van der Waals surface area contributed by atoms with Crippen LogP contribution in [0.15, 0.2) is 5.10 Å². The lowest BCUT2D eigenvalue weighted by molar-refractivity contribution is 0.0905. The van der Waals surface area contributed by atoms with Gasteiger partial charge >= 0.3 is 0 Å². The Morgan fingerprint density at radius 1 is 1.43 bits per heavy atom. The van der Waals surface area contributed by atoms with Gasteiger partial charge in [-0.15, -0.1) is 0 Å².